The van der Waals surface area contributed by atoms with Gasteiger partial charge >= 0.3 is 89.2 Å². The molecule has 74 valence electrons. The van der Waals surface area contributed by atoms with E-state index in [1.807, 2.05) is 0 Å². The molecule has 14 heavy (non-hydrogen) atoms. The topological polar surface area (TPSA) is 0 Å². The van der Waals surface area contributed by atoms with E-state index in [0.717, 1.165) is 0 Å². The first-order valence-corrected chi connectivity index (χ1v) is 14.0. The van der Waals surface area contributed by atoms with E-state index < -0.39 is 14.0 Å². The Balaban J connectivity index is 2.42. The van der Waals surface area contributed by atoms with Crippen LogP contribution in [-0.2, 0) is 14.0 Å². The molecule has 0 saturated heterocycles. The Morgan fingerprint density at radius 2 is 1.43 bits per heavy atom. The average molecular weight is 238 g/mol. The van der Waals surface area contributed by atoms with Gasteiger partial charge in [0.05, 0.1) is 0 Å². The van der Waals surface area contributed by atoms with E-state index in [-0.39, 0.29) is 0 Å². The second kappa shape index (κ2) is 3.19. The second-order valence-electron chi connectivity index (χ2n) is 5.33. The second-order valence-corrected chi connectivity index (χ2v) is 24.5. The van der Waals surface area contributed by atoms with Crippen molar-refractivity contribution in [1.29, 1.82) is 0 Å². The molecule has 0 amide bonds. The SMILES string of the molecule is [CH3][Ti]([CH3])(=[SiH2])([C]1=CC=CC1)[C]1=CC=CC1. The molecule has 0 radical (unpaired) electrons. The average Bonchev–Trinajstić information content (AvgIpc) is 2.78. The molecular weight excluding hydrogens is 220 g/mol. The number of hydrogen-bond acceptors (Lipinski definition) is 0. The van der Waals surface area contributed by atoms with Crippen LogP contribution in [-0.4, -0.2) is 7.63 Å². The molecule has 0 heterocycles. The van der Waals surface area contributed by atoms with Crippen LogP contribution in [0.2, 0.25) is 10.5 Å². The van der Waals surface area contributed by atoms with Crippen molar-refractivity contribution in [2.24, 2.45) is 0 Å². The summed E-state index contributed by atoms with van der Waals surface area (Å²) < 4.78 is 3.46. The van der Waals surface area contributed by atoms with Gasteiger partial charge < -0.3 is 0 Å². The van der Waals surface area contributed by atoms with Crippen LogP contribution in [0.15, 0.2) is 44.2 Å². The summed E-state index contributed by atoms with van der Waals surface area (Å²) in [5.41, 5.74) is 0. The molecule has 0 nitrogen and oxygen atoms in total. The molecule has 0 atom stereocenters. The molecule has 0 aromatic heterocycles. The first-order valence-electron chi connectivity index (χ1n) is 5.29. The molecule has 0 unspecified atom stereocenters. The van der Waals surface area contributed by atoms with Gasteiger partial charge in [-0.25, -0.2) is 0 Å². The van der Waals surface area contributed by atoms with Crippen molar-refractivity contribution in [3.63, 3.8) is 0 Å². The molecule has 0 spiro atoms. The van der Waals surface area contributed by atoms with Gasteiger partial charge in [-0.15, -0.1) is 0 Å². The van der Waals surface area contributed by atoms with Crippen LogP contribution in [0.3, 0.4) is 0 Å². The fourth-order valence-electron chi connectivity index (χ4n) is 2.29. The summed E-state index contributed by atoms with van der Waals surface area (Å²) in [4.78, 5) is 0. The molecule has 0 bridgehead atoms. The molecule has 0 fully saturated rings. The van der Waals surface area contributed by atoms with Crippen molar-refractivity contribution in [1.82, 2.24) is 0 Å². The number of rotatable bonds is 2. The Morgan fingerprint density at radius 3 is 1.71 bits per heavy atom. The third kappa shape index (κ3) is 1.58. The Labute approximate surface area is 89.0 Å². The van der Waals surface area contributed by atoms with Crippen molar-refractivity contribution < 1.29 is 14.0 Å². The quantitative estimate of drug-likeness (QED) is 0.649. The van der Waals surface area contributed by atoms with E-state index in [4.69, 9.17) is 0 Å². The molecule has 0 aromatic rings. The van der Waals surface area contributed by atoms with Gasteiger partial charge in [-0.1, -0.05) is 0 Å². The summed E-state index contributed by atoms with van der Waals surface area (Å²) in [5.74, 6) is 0. The van der Waals surface area contributed by atoms with Gasteiger partial charge in [-0.3, -0.25) is 0 Å². The first kappa shape index (κ1) is 10.4. The maximum atomic E-state index is 2.55. The van der Waals surface area contributed by atoms with Crippen LogP contribution in [0.25, 0.3) is 0 Å². The van der Waals surface area contributed by atoms with E-state index >= 15 is 0 Å². The van der Waals surface area contributed by atoms with Gasteiger partial charge in [0.1, 0.15) is 0 Å². The van der Waals surface area contributed by atoms with Crippen molar-refractivity contribution in [2.45, 2.75) is 23.3 Å². The number of allylic oxidation sites excluding steroid dienone is 8. The van der Waals surface area contributed by atoms with E-state index in [1.54, 1.807) is 7.76 Å². The monoisotopic (exact) mass is 238 g/mol. The van der Waals surface area contributed by atoms with Gasteiger partial charge in [0, 0.05) is 0 Å². The van der Waals surface area contributed by atoms with Crippen molar-refractivity contribution in [3.8, 4) is 0 Å². The van der Waals surface area contributed by atoms with E-state index in [1.165, 1.54) is 12.8 Å². The van der Waals surface area contributed by atoms with Crippen LogP contribution in [0, 0.1) is 0 Å². The molecule has 2 heteroatoms. The van der Waals surface area contributed by atoms with Gasteiger partial charge in [0.15, 0.2) is 0 Å². The van der Waals surface area contributed by atoms with Crippen LogP contribution in [0.1, 0.15) is 12.8 Å². The molecule has 0 aromatic carbocycles. The third-order valence-electron chi connectivity index (χ3n) is 3.60. The minimum absolute atomic E-state index is 1.20. The summed E-state index contributed by atoms with van der Waals surface area (Å²) in [6, 6.07) is 0. The van der Waals surface area contributed by atoms with Gasteiger partial charge in [0.25, 0.3) is 0 Å². The van der Waals surface area contributed by atoms with Crippen LogP contribution in [0.4, 0.5) is 0 Å². The molecule has 2 aliphatic rings. The molecule has 2 rings (SSSR count). The Kier molecular flexibility index (Phi) is 2.37. The summed E-state index contributed by atoms with van der Waals surface area (Å²) >= 11 is -2.41. The van der Waals surface area contributed by atoms with E-state index in [2.05, 4.69) is 54.5 Å². The predicted octanol–water partition coefficient (Wildman–Crippen LogP) is 3.01. The first-order chi connectivity index (χ1) is 6.49. The third-order valence-corrected chi connectivity index (χ3v) is 14.9. The van der Waals surface area contributed by atoms with Crippen molar-refractivity contribution in [3.05, 3.63) is 44.2 Å². The van der Waals surface area contributed by atoms with Gasteiger partial charge in [0.2, 0.25) is 0 Å². The fourth-order valence-corrected chi connectivity index (χ4v) is 9.48. The zero-order valence-corrected chi connectivity index (χ0v) is 12.1. The van der Waals surface area contributed by atoms with E-state index in [0.29, 0.717) is 0 Å². The molecular formula is C12H18SiTi. The Morgan fingerprint density at radius 1 is 1.00 bits per heavy atom. The summed E-state index contributed by atoms with van der Waals surface area (Å²) in [6.07, 6.45) is 16.2. The maximum absolute atomic E-state index is 2.55. The summed E-state index contributed by atoms with van der Waals surface area (Å²) in [7, 11) is 2.30. The fraction of sp³-hybridized carbons (Fsp3) is 0.333. The molecule has 2 aliphatic carbocycles. The van der Waals surface area contributed by atoms with E-state index in [9.17, 15) is 0 Å². The van der Waals surface area contributed by atoms with Crippen LogP contribution in [0.5, 0.6) is 0 Å². The van der Waals surface area contributed by atoms with Crippen LogP contribution < -0.4 is 0 Å². The standard InChI is InChI=1S/2C5H5.2CH3.H2Si.Ti/c2*1-2-4-5-3-1;;;;/h2*1-3H,4H2;2*1H3;1H2;. The van der Waals surface area contributed by atoms with Gasteiger partial charge in [-0.2, -0.15) is 0 Å². The molecule has 0 N–H and O–H groups in total. The van der Waals surface area contributed by atoms with Crippen LogP contribution >= 0.6 is 0 Å². The Hall–Kier alpha value is -0.109. The Bertz CT molecular complexity index is 405. The normalized spacial score (nSPS) is 21.4. The predicted molar refractivity (Wildman–Crippen MR) is 64.0 cm³/mol. The summed E-state index contributed by atoms with van der Waals surface area (Å²) in [5, 5.41) is 5.10. The summed E-state index contributed by atoms with van der Waals surface area (Å²) in [6.45, 7) is 0. The van der Waals surface area contributed by atoms with Crippen molar-refractivity contribution in [2.75, 3.05) is 0 Å². The zero-order chi connectivity index (χ0) is 10.3. The minimum atomic E-state index is -2.41. The number of hydrogen-bond donors (Lipinski definition) is 0. The van der Waals surface area contributed by atoms with Gasteiger partial charge in [-0.05, 0) is 0 Å². The molecule has 0 aliphatic heterocycles. The zero-order valence-electron chi connectivity index (χ0n) is 9.09. The molecule has 0 saturated carbocycles. The van der Waals surface area contributed by atoms with Crippen molar-refractivity contribution >= 4 is 7.63 Å².